The average molecular weight is 765 g/mol. The summed E-state index contributed by atoms with van der Waals surface area (Å²) in [5.41, 5.74) is 3.71. The third-order valence-corrected chi connectivity index (χ3v) is 15.2. The van der Waals surface area contributed by atoms with Crippen molar-refractivity contribution >= 4 is 60.4 Å². The number of sulfonamides is 1. The maximum Gasteiger partial charge on any atom is 0.261 e. The number of anilines is 1. The van der Waals surface area contributed by atoms with Gasteiger partial charge in [0.25, 0.3) is 10.0 Å². The lowest BCUT2D eigenvalue weighted by atomic mass is 9.92. The first kappa shape index (κ1) is 34.4. The second-order valence-corrected chi connectivity index (χ2v) is 17.6. The van der Waals surface area contributed by atoms with Crippen LogP contribution >= 0.6 is 7.26 Å². The largest absolute Gasteiger partial charge is 1.00 e. The van der Waals surface area contributed by atoms with E-state index in [1.807, 2.05) is 30.3 Å². The smallest absolute Gasteiger partial charge is 0.261 e. The number of hydrogen-bond donors (Lipinski definition) is 1. The van der Waals surface area contributed by atoms with Gasteiger partial charge in [-0.25, -0.2) is 8.42 Å². The molecule has 0 unspecified atom stereocenters. The highest BCUT2D eigenvalue weighted by molar-refractivity contribution is 7.95. The molecule has 0 bridgehead atoms. The van der Waals surface area contributed by atoms with Gasteiger partial charge in [-0.15, -0.1) is 0 Å². The fourth-order valence-corrected chi connectivity index (χ4v) is 12.7. The molecule has 0 fully saturated rings. The molecule has 0 spiro atoms. The second kappa shape index (κ2) is 14.7. The Hall–Kier alpha value is -5.06. The zero-order valence-corrected chi connectivity index (χ0v) is 31.0. The van der Waals surface area contributed by atoms with Gasteiger partial charge in [0.15, 0.2) is 0 Å². The molecule has 0 saturated heterocycles. The lowest BCUT2D eigenvalue weighted by molar-refractivity contribution is -0.0000118. The third-order valence-electron chi connectivity index (χ3n) is 9.45. The van der Waals surface area contributed by atoms with E-state index in [1.54, 1.807) is 24.3 Å². The summed E-state index contributed by atoms with van der Waals surface area (Å²) in [7, 11) is -6.37. The lowest BCUT2D eigenvalue weighted by Crippen LogP contribution is -3.00. The van der Waals surface area contributed by atoms with Crippen molar-refractivity contribution in [3.8, 4) is 11.1 Å². The molecule has 0 atom stereocenters. The summed E-state index contributed by atoms with van der Waals surface area (Å²) in [6, 6.07) is 66.3. The van der Waals surface area contributed by atoms with Gasteiger partial charge in [0, 0.05) is 11.1 Å². The molecule has 0 aliphatic carbocycles. The third kappa shape index (κ3) is 6.50. The second-order valence-electron chi connectivity index (χ2n) is 12.4. The van der Waals surface area contributed by atoms with E-state index in [0.717, 1.165) is 38.8 Å². The molecule has 8 aromatic rings. The van der Waals surface area contributed by atoms with Crippen LogP contribution in [0.15, 0.2) is 199 Å². The van der Waals surface area contributed by atoms with Gasteiger partial charge in [0.05, 0.1) is 16.7 Å². The van der Waals surface area contributed by atoms with Crippen LogP contribution in [0.5, 0.6) is 0 Å². The SMILES string of the molecule is O=S(=O)(Nc1ccc2ccccc2c1-c1c([P+](Cc2ccccc2)(c2ccccc2)c2ccccc2)ccc2ccccc12)c1ccccc1.[Br-]. The molecule has 6 heteroatoms. The summed E-state index contributed by atoms with van der Waals surface area (Å²) in [5, 5.41) is 7.92. The average Bonchev–Trinajstić information content (AvgIpc) is 3.18. The Labute approximate surface area is 310 Å². The Morgan fingerprint density at radius 3 is 1.47 bits per heavy atom. The molecular formula is C45H35BrNO2PS. The van der Waals surface area contributed by atoms with Crippen LogP contribution in [0, 0.1) is 0 Å². The maximum absolute atomic E-state index is 14.0. The topological polar surface area (TPSA) is 46.2 Å². The maximum atomic E-state index is 14.0. The van der Waals surface area contributed by atoms with E-state index in [0.29, 0.717) is 5.69 Å². The van der Waals surface area contributed by atoms with Gasteiger partial charge in [-0.2, -0.15) is 0 Å². The van der Waals surface area contributed by atoms with Gasteiger partial charge < -0.3 is 17.0 Å². The number of halogens is 1. The summed E-state index contributed by atoms with van der Waals surface area (Å²) < 4.78 is 31.1. The van der Waals surface area contributed by atoms with Crippen molar-refractivity contribution in [2.24, 2.45) is 0 Å². The Morgan fingerprint density at radius 2 is 0.902 bits per heavy atom. The van der Waals surface area contributed by atoms with E-state index >= 15 is 0 Å². The molecule has 0 amide bonds. The summed E-state index contributed by atoms with van der Waals surface area (Å²) in [6.45, 7) is 0. The highest BCUT2D eigenvalue weighted by atomic mass is 79.9. The predicted octanol–water partition coefficient (Wildman–Crippen LogP) is 6.96. The first-order valence-corrected chi connectivity index (χ1v) is 20.2. The molecule has 250 valence electrons. The standard InChI is InChI=1S/C45H35NO2PS.BrH/c47-50(48,39-25-11-4-12-26-39)46-42-31-29-35-19-13-15-27-40(35)44(42)45-41-28-16-14-20-36(41)30-32-43(45)49(37-21-7-2-8-22-37,38-23-9-3-10-24-38)33-34-17-5-1-6-18-34;/h1-32,46H,33H2;1H/q+1;/p-1. The van der Waals surface area contributed by atoms with E-state index in [-0.39, 0.29) is 21.9 Å². The van der Waals surface area contributed by atoms with Crippen LogP contribution in [0.1, 0.15) is 5.56 Å². The fourth-order valence-electron chi connectivity index (χ4n) is 7.19. The minimum absolute atomic E-state index is 0. The summed E-state index contributed by atoms with van der Waals surface area (Å²) in [5.74, 6) is 0. The highest BCUT2D eigenvalue weighted by Gasteiger charge is 2.48. The van der Waals surface area contributed by atoms with Gasteiger partial charge in [0.1, 0.15) is 23.2 Å². The van der Waals surface area contributed by atoms with Gasteiger partial charge in [0.2, 0.25) is 0 Å². The number of benzene rings is 8. The Balaban J connectivity index is 0.00000406. The van der Waals surface area contributed by atoms with Crippen molar-refractivity contribution in [2.45, 2.75) is 11.1 Å². The summed E-state index contributed by atoms with van der Waals surface area (Å²) in [6.07, 6.45) is 0.795. The number of fused-ring (bicyclic) bond motifs is 2. The van der Waals surface area contributed by atoms with E-state index in [1.165, 1.54) is 21.5 Å². The molecule has 8 rings (SSSR count). The first-order chi connectivity index (χ1) is 24.5. The molecule has 0 radical (unpaired) electrons. The summed E-state index contributed by atoms with van der Waals surface area (Å²) >= 11 is 0. The van der Waals surface area contributed by atoms with Gasteiger partial charge in [-0.05, 0) is 75.6 Å². The molecule has 8 aromatic carbocycles. The van der Waals surface area contributed by atoms with Crippen molar-refractivity contribution in [1.82, 2.24) is 0 Å². The zero-order chi connectivity index (χ0) is 34.0. The van der Waals surface area contributed by atoms with E-state index in [2.05, 4.69) is 144 Å². The normalized spacial score (nSPS) is 11.6. The van der Waals surface area contributed by atoms with Crippen LogP contribution in [-0.4, -0.2) is 8.42 Å². The van der Waals surface area contributed by atoms with Crippen LogP contribution in [0.3, 0.4) is 0 Å². The van der Waals surface area contributed by atoms with Crippen LogP contribution < -0.4 is 37.6 Å². The molecule has 3 nitrogen and oxygen atoms in total. The fraction of sp³-hybridized carbons (Fsp3) is 0.0222. The number of rotatable bonds is 9. The molecular weight excluding hydrogens is 729 g/mol. The quantitative estimate of drug-likeness (QED) is 0.162. The molecule has 0 heterocycles. The predicted molar refractivity (Wildman–Crippen MR) is 213 cm³/mol. The minimum atomic E-state index is -3.91. The number of nitrogens with one attached hydrogen (secondary N) is 1. The number of hydrogen-bond acceptors (Lipinski definition) is 2. The van der Waals surface area contributed by atoms with Crippen LogP contribution in [0.2, 0.25) is 0 Å². The molecule has 0 aliphatic heterocycles. The Morgan fingerprint density at radius 1 is 0.451 bits per heavy atom. The van der Waals surface area contributed by atoms with Crippen molar-refractivity contribution in [2.75, 3.05) is 4.72 Å². The lowest BCUT2D eigenvalue weighted by Gasteiger charge is -2.31. The minimum Gasteiger partial charge on any atom is -1.00 e. The molecule has 0 aromatic heterocycles. The van der Waals surface area contributed by atoms with Crippen molar-refractivity contribution in [1.29, 1.82) is 0 Å². The van der Waals surface area contributed by atoms with E-state index in [4.69, 9.17) is 0 Å². The highest BCUT2D eigenvalue weighted by Crippen LogP contribution is 2.61. The van der Waals surface area contributed by atoms with Crippen LogP contribution in [-0.2, 0) is 16.2 Å². The molecule has 51 heavy (non-hydrogen) atoms. The monoisotopic (exact) mass is 763 g/mol. The van der Waals surface area contributed by atoms with Gasteiger partial charge in [-0.3, -0.25) is 4.72 Å². The molecule has 0 aliphatic rings. The molecule has 0 saturated carbocycles. The van der Waals surface area contributed by atoms with Crippen LogP contribution in [0.4, 0.5) is 5.69 Å². The first-order valence-electron chi connectivity index (χ1n) is 16.7. The zero-order valence-electron chi connectivity index (χ0n) is 27.7. The Kier molecular flexibility index (Phi) is 9.88. The Bertz CT molecular complexity index is 2510. The van der Waals surface area contributed by atoms with E-state index < -0.39 is 17.3 Å². The van der Waals surface area contributed by atoms with Crippen LogP contribution in [0.25, 0.3) is 32.7 Å². The van der Waals surface area contributed by atoms with Gasteiger partial charge >= 0.3 is 0 Å². The van der Waals surface area contributed by atoms with E-state index in [9.17, 15) is 8.42 Å². The van der Waals surface area contributed by atoms with Gasteiger partial charge in [-0.1, -0.05) is 146 Å². The van der Waals surface area contributed by atoms with Crippen molar-refractivity contribution in [3.63, 3.8) is 0 Å². The molecule has 1 N–H and O–H groups in total. The van der Waals surface area contributed by atoms with Crippen molar-refractivity contribution < 1.29 is 25.4 Å². The van der Waals surface area contributed by atoms with Crippen molar-refractivity contribution in [3.05, 3.63) is 200 Å². The summed E-state index contributed by atoms with van der Waals surface area (Å²) in [4.78, 5) is 0.219.